The average molecular weight is 250 g/mol. The minimum atomic E-state index is -1.02. The van der Waals surface area contributed by atoms with Gasteiger partial charge in [-0.25, -0.2) is 14.1 Å². The first-order chi connectivity index (χ1) is 8.58. The van der Waals surface area contributed by atoms with Crippen LogP contribution in [0.25, 0.3) is 5.69 Å². The van der Waals surface area contributed by atoms with Gasteiger partial charge in [0.1, 0.15) is 24.2 Å². The smallest absolute Gasteiger partial charge is 0.305 e. The van der Waals surface area contributed by atoms with Gasteiger partial charge in [-0.3, -0.25) is 4.79 Å². The van der Waals surface area contributed by atoms with Crippen LogP contribution in [0.2, 0.25) is 0 Å². The summed E-state index contributed by atoms with van der Waals surface area (Å²) in [6.07, 6.45) is 2.42. The molecule has 94 valence electrons. The highest BCUT2D eigenvalue weighted by Crippen LogP contribution is 2.19. The molecule has 2 aromatic rings. The second-order valence-corrected chi connectivity index (χ2v) is 3.76. The van der Waals surface area contributed by atoms with Gasteiger partial charge < -0.3 is 10.8 Å². The molecule has 0 aliphatic carbocycles. The molecule has 1 atom stereocenters. The Morgan fingerprint density at radius 1 is 1.56 bits per heavy atom. The lowest BCUT2D eigenvalue weighted by atomic mass is 10.0. The van der Waals surface area contributed by atoms with E-state index in [-0.39, 0.29) is 12.1 Å². The number of carboxylic acids is 1. The topological polar surface area (TPSA) is 94.0 Å². The molecular weight excluding hydrogens is 239 g/mol. The third-order valence-electron chi connectivity index (χ3n) is 2.46. The van der Waals surface area contributed by atoms with Crippen LogP contribution in [0.3, 0.4) is 0 Å². The third kappa shape index (κ3) is 2.51. The van der Waals surface area contributed by atoms with Crippen molar-refractivity contribution in [3.63, 3.8) is 0 Å². The highest BCUT2D eigenvalue weighted by atomic mass is 19.1. The summed E-state index contributed by atoms with van der Waals surface area (Å²) in [5, 5.41) is 12.4. The van der Waals surface area contributed by atoms with Gasteiger partial charge in [0, 0.05) is 6.04 Å². The molecule has 0 spiro atoms. The van der Waals surface area contributed by atoms with Crippen molar-refractivity contribution in [3.05, 3.63) is 42.2 Å². The van der Waals surface area contributed by atoms with Gasteiger partial charge in [0.15, 0.2) is 0 Å². The van der Waals surface area contributed by atoms with E-state index in [4.69, 9.17) is 10.8 Å². The van der Waals surface area contributed by atoms with Crippen molar-refractivity contribution in [3.8, 4) is 5.69 Å². The zero-order valence-corrected chi connectivity index (χ0v) is 9.32. The molecule has 0 aliphatic rings. The monoisotopic (exact) mass is 250 g/mol. The molecule has 3 N–H and O–H groups in total. The number of carbonyl (C=O) groups is 1. The Balaban J connectivity index is 2.28. The van der Waals surface area contributed by atoms with Crippen molar-refractivity contribution in [2.45, 2.75) is 12.5 Å². The molecule has 1 unspecified atom stereocenters. The molecule has 2 rings (SSSR count). The molecule has 6 nitrogen and oxygen atoms in total. The average Bonchev–Trinajstić information content (AvgIpc) is 2.81. The summed E-state index contributed by atoms with van der Waals surface area (Å²) in [5.41, 5.74) is 6.32. The van der Waals surface area contributed by atoms with Crippen LogP contribution >= 0.6 is 0 Å². The molecule has 0 radical (unpaired) electrons. The summed E-state index contributed by atoms with van der Waals surface area (Å²) in [4.78, 5) is 14.2. The Morgan fingerprint density at radius 2 is 2.33 bits per heavy atom. The van der Waals surface area contributed by atoms with Gasteiger partial charge in [0.25, 0.3) is 0 Å². The predicted molar refractivity (Wildman–Crippen MR) is 60.5 cm³/mol. The zero-order valence-electron chi connectivity index (χ0n) is 9.32. The van der Waals surface area contributed by atoms with Crippen LogP contribution in [0, 0.1) is 5.82 Å². The molecule has 18 heavy (non-hydrogen) atoms. The van der Waals surface area contributed by atoms with Gasteiger partial charge in [-0.1, -0.05) is 6.07 Å². The molecule has 7 heteroatoms. The van der Waals surface area contributed by atoms with Crippen LogP contribution in [-0.2, 0) is 4.79 Å². The second-order valence-electron chi connectivity index (χ2n) is 3.76. The molecule has 0 bridgehead atoms. The number of benzene rings is 1. The summed E-state index contributed by atoms with van der Waals surface area (Å²) < 4.78 is 15.1. The third-order valence-corrected chi connectivity index (χ3v) is 2.46. The lowest BCUT2D eigenvalue weighted by Crippen LogP contribution is -2.15. The number of rotatable bonds is 4. The predicted octanol–water partition coefficient (Wildman–Crippen LogP) is 0.881. The molecule has 1 aromatic heterocycles. The van der Waals surface area contributed by atoms with Crippen molar-refractivity contribution in [2.24, 2.45) is 5.73 Å². The number of nitrogens with two attached hydrogens (primary N) is 1. The van der Waals surface area contributed by atoms with E-state index in [1.54, 1.807) is 6.07 Å². The van der Waals surface area contributed by atoms with Gasteiger partial charge in [-0.15, -0.1) is 0 Å². The number of aliphatic carboxylic acids is 1. The Morgan fingerprint density at radius 3 is 2.89 bits per heavy atom. The van der Waals surface area contributed by atoms with E-state index >= 15 is 0 Å². The molecule has 0 amide bonds. The van der Waals surface area contributed by atoms with Crippen molar-refractivity contribution in [2.75, 3.05) is 0 Å². The van der Waals surface area contributed by atoms with E-state index < -0.39 is 17.8 Å². The first kappa shape index (κ1) is 12.2. The van der Waals surface area contributed by atoms with Crippen LogP contribution in [0.15, 0.2) is 30.9 Å². The lowest BCUT2D eigenvalue weighted by molar-refractivity contribution is -0.137. The molecule has 0 saturated heterocycles. The molecule has 0 aliphatic heterocycles. The number of aromatic nitrogens is 3. The van der Waals surface area contributed by atoms with Crippen LogP contribution in [0.5, 0.6) is 0 Å². The lowest BCUT2D eigenvalue weighted by Gasteiger charge is -2.11. The maximum absolute atomic E-state index is 13.8. The molecule has 1 aromatic carbocycles. The van der Waals surface area contributed by atoms with Crippen molar-refractivity contribution in [1.29, 1.82) is 0 Å². The molecule has 0 fully saturated rings. The number of halogens is 1. The van der Waals surface area contributed by atoms with E-state index in [2.05, 4.69) is 10.1 Å². The normalized spacial score (nSPS) is 12.3. The van der Waals surface area contributed by atoms with Crippen molar-refractivity contribution >= 4 is 5.97 Å². The highest BCUT2D eigenvalue weighted by Gasteiger charge is 2.13. The zero-order chi connectivity index (χ0) is 13.1. The number of carboxylic acid groups (broad SMARTS) is 1. The van der Waals surface area contributed by atoms with E-state index in [9.17, 15) is 9.18 Å². The Hall–Kier alpha value is -2.28. The van der Waals surface area contributed by atoms with Crippen molar-refractivity contribution in [1.82, 2.24) is 14.8 Å². The Kier molecular flexibility index (Phi) is 3.33. The summed E-state index contributed by atoms with van der Waals surface area (Å²) in [5.74, 6) is -1.55. The van der Waals surface area contributed by atoms with Gasteiger partial charge in [0.05, 0.1) is 6.42 Å². The largest absolute Gasteiger partial charge is 0.481 e. The fraction of sp³-hybridized carbons (Fsp3) is 0.182. The first-order valence-corrected chi connectivity index (χ1v) is 5.19. The van der Waals surface area contributed by atoms with Crippen LogP contribution < -0.4 is 5.73 Å². The SMILES string of the molecule is NC(CC(=O)O)c1ccc(-n2cncn2)c(F)c1. The number of hydrogen-bond acceptors (Lipinski definition) is 4. The van der Waals surface area contributed by atoms with E-state index in [0.29, 0.717) is 5.56 Å². The van der Waals surface area contributed by atoms with E-state index in [1.165, 1.54) is 29.5 Å². The Bertz CT molecular complexity index is 556. The summed E-state index contributed by atoms with van der Waals surface area (Å²) in [6.45, 7) is 0. The Labute approximate surface area is 102 Å². The summed E-state index contributed by atoms with van der Waals surface area (Å²) in [6, 6.07) is 3.54. The van der Waals surface area contributed by atoms with Gasteiger partial charge >= 0.3 is 5.97 Å². The number of hydrogen-bond donors (Lipinski definition) is 2. The van der Waals surface area contributed by atoms with Gasteiger partial charge in [-0.05, 0) is 17.7 Å². The maximum atomic E-state index is 13.8. The number of nitrogens with zero attached hydrogens (tertiary/aromatic N) is 3. The minimum absolute atomic E-state index is 0.235. The minimum Gasteiger partial charge on any atom is -0.481 e. The highest BCUT2D eigenvalue weighted by molar-refractivity contribution is 5.67. The second kappa shape index (κ2) is 4.92. The first-order valence-electron chi connectivity index (χ1n) is 5.19. The fourth-order valence-corrected chi connectivity index (χ4v) is 1.58. The van der Waals surface area contributed by atoms with Gasteiger partial charge in [0.2, 0.25) is 0 Å². The van der Waals surface area contributed by atoms with Crippen LogP contribution in [-0.4, -0.2) is 25.8 Å². The summed E-state index contributed by atoms with van der Waals surface area (Å²) >= 11 is 0. The standard InChI is InChI=1S/C11H11FN4O2/c12-8-3-7(9(13)4-11(17)18)1-2-10(8)16-6-14-5-15-16/h1-3,5-6,9H,4,13H2,(H,17,18). The van der Waals surface area contributed by atoms with Crippen LogP contribution in [0.1, 0.15) is 18.0 Å². The fourth-order valence-electron chi connectivity index (χ4n) is 1.58. The molecule has 1 heterocycles. The van der Waals surface area contributed by atoms with Gasteiger partial charge in [-0.2, -0.15) is 5.10 Å². The van der Waals surface area contributed by atoms with E-state index in [0.717, 1.165) is 0 Å². The van der Waals surface area contributed by atoms with Crippen LogP contribution in [0.4, 0.5) is 4.39 Å². The van der Waals surface area contributed by atoms with E-state index in [1.807, 2.05) is 0 Å². The van der Waals surface area contributed by atoms with Crippen molar-refractivity contribution < 1.29 is 14.3 Å². The quantitative estimate of drug-likeness (QED) is 0.840. The summed E-state index contributed by atoms with van der Waals surface area (Å²) in [7, 11) is 0. The molecule has 0 saturated carbocycles. The molecular formula is C11H11FN4O2. The maximum Gasteiger partial charge on any atom is 0.305 e.